The van der Waals surface area contributed by atoms with E-state index in [4.69, 9.17) is 14.2 Å². The number of hydrogen-bond acceptors (Lipinski definition) is 5. The number of benzene rings is 2. The Morgan fingerprint density at radius 1 is 1.19 bits per heavy atom. The van der Waals surface area contributed by atoms with E-state index >= 15 is 0 Å². The highest BCUT2D eigenvalue weighted by molar-refractivity contribution is 6.15. The zero-order chi connectivity index (χ0) is 21.7. The quantitative estimate of drug-likeness (QED) is 0.566. The fourth-order valence-electron chi connectivity index (χ4n) is 4.99. The lowest BCUT2D eigenvalue weighted by Gasteiger charge is -2.31. The van der Waals surface area contributed by atoms with Gasteiger partial charge in [0.1, 0.15) is 18.2 Å². The van der Waals surface area contributed by atoms with Crippen molar-refractivity contribution in [3.63, 3.8) is 0 Å². The van der Waals surface area contributed by atoms with Crippen molar-refractivity contribution in [2.75, 3.05) is 19.9 Å². The number of hydrogen-bond donors (Lipinski definition) is 0. The van der Waals surface area contributed by atoms with Crippen LogP contribution in [0.15, 0.2) is 48.4 Å². The number of fused-ring (bicyclic) bond motifs is 4. The average Bonchev–Trinajstić information content (AvgIpc) is 3.53. The van der Waals surface area contributed by atoms with Crippen molar-refractivity contribution in [2.45, 2.75) is 39.0 Å². The number of aromatic nitrogens is 1. The summed E-state index contributed by atoms with van der Waals surface area (Å²) >= 11 is 0. The molecular weight excluding hydrogens is 404 g/mol. The average molecular weight is 431 g/mol. The maximum Gasteiger partial charge on any atom is 0.231 e. The third-order valence-electron chi connectivity index (χ3n) is 6.61. The van der Waals surface area contributed by atoms with Gasteiger partial charge in [-0.05, 0) is 44.0 Å². The molecule has 0 N–H and O–H groups in total. The van der Waals surface area contributed by atoms with Crippen LogP contribution in [-0.2, 0) is 17.8 Å². The van der Waals surface area contributed by atoms with Gasteiger partial charge in [0.2, 0.25) is 5.78 Å². The Bertz CT molecular complexity index is 1240. The van der Waals surface area contributed by atoms with E-state index in [0.29, 0.717) is 30.3 Å². The summed E-state index contributed by atoms with van der Waals surface area (Å²) in [6, 6.07) is 12.0. The van der Waals surface area contributed by atoms with Gasteiger partial charge >= 0.3 is 0 Å². The van der Waals surface area contributed by atoms with E-state index in [1.807, 2.05) is 30.3 Å². The van der Waals surface area contributed by atoms with Gasteiger partial charge in [-0.3, -0.25) is 9.69 Å². The lowest BCUT2D eigenvalue weighted by molar-refractivity contribution is 0.0274. The van der Waals surface area contributed by atoms with Crippen LogP contribution in [0.2, 0.25) is 0 Å². The third kappa shape index (κ3) is 3.22. The van der Waals surface area contributed by atoms with Crippen LogP contribution in [0.3, 0.4) is 0 Å². The summed E-state index contributed by atoms with van der Waals surface area (Å²) < 4.78 is 20.2. The SMILES string of the molecule is CCn1cc(/C=C2\Oc3c(ccc4c3CN(CC3CCCO3)CO4)C2=O)c2ccccc21. The molecule has 0 saturated carbocycles. The Labute approximate surface area is 187 Å². The summed E-state index contributed by atoms with van der Waals surface area (Å²) in [5.74, 6) is 1.72. The van der Waals surface area contributed by atoms with E-state index in [-0.39, 0.29) is 11.9 Å². The molecular formula is C26H26N2O4. The number of allylic oxidation sites excluding steroid dienone is 1. The fraction of sp³-hybridized carbons (Fsp3) is 0.346. The molecule has 6 heteroatoms. The summed E-state index contributed by atoms with van der Waals surface area (Å²) in [6.45, 7) is 5.86. The molecule has 1 saturated heterocycles. The van der Waals surface area contributed by atoms with E-state index < -0.39 is 0 Å². The van der Waals surface area contributed by atoms with E-state index in [0.717, 1.165) is 60.3 Å². The lowest BCUT2D eigenvalue weighted by Crippen LogP contribution is -2.37. The second-order valence-corrected chi connectivity index (χ2v) is 8.67. The number of nitrogens with zero attached hydrogens (tertiary/aromatic N) is 2. The van der Waals surface area contributed by atoms with Crippen molar-refractivity contribution in [1.82, 2.24) is 9.47 Å². The molecule has 32 heavy (non-hydrogen) atoms. The highest BCUT2D eigenvalue weighted by Gasteiger charge is 2.34. The summed E-state index contributed by atoms with van der Waals surface area (Å²) in [4.78, 5) is 15.4. The number of ketones is 1. The van der Waals surface area contributed by atoms with Crippen molar-refractivity contribution >= 4 is 22.8 Å². The Balaban J connectivity index is 1.32. The lowest BCUT2D eigenvalue weighted by atomic mass is 10.0. The molecule has 164 valence electrons. The molecule has 3 aliphatic rings. The van der Waals surface area contributed by atoms with E-state index in [9.17, 15) is 4.79 Å². The standard InChI is InChI=1S/C26H26N2O4/c1-2-28-13-17(19-7-3-4-8-22(19)28)12-24-25(29)20-9-10-23-21(26(20)32-24)15-27(16-31-23)14-18-6-5-11-30-18/h3-4,7-10,12-13,18H,2,5-6,11,14-16H2,1H3/b24-12-. The zero-order valence-electron chi connectivity index (χ0n) is 18.2. The molecule has 0 bridgehead atoms. The van der Waals surface area contributed by atoms with Gasteiger partial charge < -0.3 is 18.8 Å². The molecule has 2 aromatic carbocycles. The van der Waals surface area contributed by atoms with Crippen LogP contribution in [0.1, 0.15) is 41.3 Å². The van der Waals surface area contributed by atoms with Crippen LogP contribution in [0.5, 0.6) is 11.5 Å². The third-order valence-corrected chi connectivity index (χ3v) is 6.61. The Morgan fingerprint density at radius 3 is 2.94 bits per heavy atom. The van der Waals surface area contributed by atoms with Crippen molar-refractivity contribution in [2.24, 2.45) is 0 Å². The zero-order valence-corrected chi connectivity index (χ0v) is 18.2. The second kappa shape index (κ2) is 7.80. The Hall–Kier alpha value is -3.09. The van der Waals surface area contributed by atoms with Crippen LogP contribution >= 0.6 is 0 Å². The minimum absolute atomic E-state index is 0.0765. The van der Waals surface area contributed by atoms with E-state index in [2.05, 4.69) is 34.7 Å². The normalized spacial score (nSPS) is 21.6. The molecule has 0 aliphatic carbocycles. The fourth-order valence-corrected chi connectivity index (χ4v) is 4.99. The van der Waals surface area contributed by atoms with Gasteiger partial charge in [0.05, 0.1) is 17.2 Å². The smallest absolute Gasteiger partial charge is 0.231 e. The van der Waals surface area contributed by atoms with Gasteiger partial charge in [0.15, 0.2) is 5.76 Å². The van der Waals surface area contributed by atoms with E-state index in [1.54, 1.807) is 0 Å². The summed E-state index contributed by atoms with van der Waals surface area (Å²) in [5, 5.41) is 1.11. The monoisotopic (exact) mass is 430 g/mol. The van der Waals surface area contributed by atoms with Gasteiger partial charge in [0, 0.05) is 48.9 Å². The molecule has 1 aromatic heterocycles. The van der Waals surface area contributed by atoms with Gasteiger partial charge in [-0.25, -0.2) is 0 Å². The van der Waals surface area contributed by atoms with Gasteiger partial charge in [0.25, 0.3) is 0 Å². The number of rotatable bonds is 4. The number of aryl methyl sites for hydroxylation is 1. The minimum atomic E-state index is -0.0765. The van der Waals surface area contributed by atoms with Crippen molar-refractivity contribution in [1.29, 1.82) is 0 Å². The molecule has 0 spiro atoms. The van der Waals surface area contributed by atoms with Crippen LogP contribution in [0.4, 0.5) is 0 Å². The maximum atomic E-state index is 13.2. The molecule has 4 heterocycles. The molecule has 1 fully saturated rings. The second-order valence-electron chi connectivity index (χ2n) is 8.67. The van der Waals surface area contributed by atoms with Gasteiger partial charge in [-0.15, -0.1) is 0 Å². The molecule has 6 rings (SSSR count). The Morgan fingerprint density at radius 2 is 2.09 bits per heavy atom. The first kappa shape index (κ1) is 19.6. The van der Waals surface area contributed by atoms with Crippen molar-refractivity contribution in [3.05, 3.63) is 65.0 Å². The van der Waals surface area contributed by atoms with Crippen LogP contribution in [0.25, 0.3) is 17.0 Å². The predicted molar refractivity (Wildman–Crippen MR) is 122 cm³/mol. The summed E-state index contributed by atoms with van der Waals surface area (Å²) in [6.07, 6.45) is 6.41. The van der Waals surface area contributed by atoms with Gasteiger partial charge in [-0.2, -0.15) is 0 Å². The first-order valence-electron chi connectivity index (χ1n) is 11.4. The van der Waals surface area contributed by atoms with Crippen LogP contribution in [0, 0.1) is 0 Å². The summed E-state index contributed by atoms with van der Waals surface area (Å²) in [7, 11) is 0. The topological polar surface area (TPSA) is 52.9 Å². The number of carbonyl (C=O) groups is 1. The largest absolute Gasteiger partial charge is 0.478 e. The molecule has 0 radical (unpaired) electrons. The number of para-hydroxylation sites is 1. The highest BCUT2D eigenvalue weighted by atomic mass is 16.5. The molecule has 6 nitrogen and oxygen atoms in total. The number of carbonyl (C=O) groups excluding carboxylic acids is 1. The van der Waals surface area contributed by atoms with Crippen LogP contribution < -0.4 is 9.47 Å². The van der Waals surface area contributed by atoms with Crippen molar-refractivity contribution in [3.8, 4) is 11.5 Å². The first-order chi connectivity index (χ1) is 15.7. The Kier molecular flexibility index (Phi) is 4.77. The maximum absolute atomic E-state index is 13.2. The predicted octanol–water partition coefficient (Wildman–Crippen LogP) is 4.61. The first-order valence-corrected chi connectivity index (χ1v) is 11.4. The minimum Gasteiger partial charge on any atom is -0.478 e. The molecule has 1 unspecified atom stereocenters. The van der Waals surface area contributed by atoms with Crippen LogP contribution in [-0.4, -0.2) is 41.2 Å². The number of Topliss-reactive ketones (excluding diaryl/α,β-unsaturated/α-hetero) is 1. The number of ether oxygens (including phenoxy) is 3. The summed E-state index contributed by atoms with van der Waals surface area (Å²) in [5.41, 5.74) is 3.69. The van der Waals surface area contributed by atoms with E-state index in [1.165, 1.54) is 0 Å². The molecule has 3 aliphatic heterocycles. The molecule has 3 aromatic rings. The highest BCUT2D eigenvalue weighted by Crippen LogP contribution is 2.42. The molecule has 1 atom stereocenters. The van der Waals surface area contributed by atoms with Gasteiger partial charge in [-0.1, -0.05) is 18.2 Å². The molecule has 0 amide bonds. The van der Waals surface area contributed by atoms with Crippen molar-refractivity contribution < 1.29 is 19.0 Å².